The predicted octanol–water partition coefficient (Wildman–Crippen LogP) is 2.87. The number of thiol groups is 1. The molecule has 0 bridgehead atoms. The second-order valence-electron chi connectivity index (χ2n) is 3.90. The van der Waals surface area contributed by atoms with Crippen molar-refractivity contribution < 1.29 is 4.79 Å². The molecule has 1 atom stereocenters. The number of rotatable bonds is 5. The van der Waals surface area contributed by atoms with Crippen LogP contribution in [-0.4, -0.2) is 16.6 Å². The first-order chi connectivity index (χ1) is 8.79. The maximum atomic E-state index is 12.1. The summed E-state index contributed by atoms with van der Waals surface area (Å²) in [7, 11) is 0. The van der Waals surface area contributed by atoms with Gasteiger partial charge in [0.15, 0.2) is 5.13 Å². The molecule has 0 radical (unpaired) electrons. The lowest BCUT2D eigenvalue weighted by Crippen LogP contribution is -2.26. The molecule has 2 rings (SSSR count). The number of hydrogen-bond donors (Lipinski definition) is 2. The van der Waals surface area contributed by atoms with Crippen LogP contribution >= 0.6 is 24.0 Å². The molecule has 1 aromatic carbocycles. The number of anilines is 1. The van der Waals surface area contributed by atoms with E-state index in [2.05, 4.69) is 22.9 Å². The second kappa shape index (κ2) is 6.56. The van der Waals surface area contributed by atoms with Gasteiger partial charge in [-0.25, -0.2) is 4.98 Å². The van der Waals surface area contributed by atoms with Gasteiger partial charge in [0, 0.05) is 17.3 Å². The van der Waals surface area contributed by atoms with E-state index in [0.717, 1.165) is 5.56 Å². The summed E-state index contributed by atoms with van der Waals surface area (Å²) in [5, 5.41) is 5.29. The lowest BCUT2D eigenvalue weighted by atomic mass is 10.0. The van der Waals surface area contributed by atoms with Crippen LogP contribution in [0.2, 0.25) is 0 Å². The van der Waals surface area contributed by atoms with Gasteiger partial charge in [-0.3, -0.25) is 4.79 Å². The molecule has 2 aromatic rings. The minimum atomic E-state index is -0.139. The number of hydrogen-bond acceptors (Lipinski definition) is 4. The average molecular weight is 278 g/mol. The molecule has 3 nitrogen and oxygen atoms in total. The van der Waals surface area contributed by atoms with Crippen molar-refractivity contribution in [2.24, 2.45) is 5.92 Å². The molecule has 5 heteroatoms. The quantitative estimate of drug-likeness (QED) is 0.826. The van der Waals surface area contributed by atoms with Gasteiger partial charge >= 0.3 is 0 Å². The summed E-state index contributed by atoms with van der Waals surface area (Å²) in [6, 6.07) is 9.96. The highest BCUT2D eigenvalue weighted by molar-refractivity contribution is 7.80. The third-order valence-corrected chi connectivity index (χ3v) is 3.71. The van der Waals surface area contributed by atoms with Gasteiger partial charge in [0.2, 0.25) is 5.91 Å². The number of nitrogens with zero attached hydrogens (tertiary/aromatic N) is 1. The first-order valence-electron chi connectivity index (χ1n) is 5.64. The number of aromatic nitrogens is 1. The van der Waals surface area contributed by atoms with E-state index in [0.29, 0.717) is 17.3 Å². The second-order valence-corrected chi connectivity index (χ2v) is 5.16. The fourth-order valence-electron chi connectivity index (χ4n) is 1.63. The fourth-order valence-corrected chi connectivity index (χ4v) is 2.46. The monoisotopic (exact) mass is 278 g/mol. The number of carbonyl (C=O) groups excluding carboxylic acids is 1. The standard InChI is InChI=1S/C13H14N2OS2/c16-12(15-13-14-6-7-18-13)11(9-17)8-10-4-2-1-3-5-10/h1-7,11,17H,8-9H2,(H,14,15,16). The Hall–Kier alpha value is -1.33. The van der Waals surface area contributed by atoms with Crippen molar-refractivity contribution in [1.29, 1.82) is 0 Å². The van der Waals surface area contributed by atoms with Gasteiger partial charge < -0.3 is 5.32 Å². The fraction of sp³-hybridized carbons (Fsp3) is 0.231. The van der Waals surface area contributed by atoms with Crippen LogP contribution in [0.15, 0.2) is 41.9 Å². The molecule has 1 N–H and O–H groups in total. The highest BCUT2D eigenvalue weighted by atomic mass is 32.1. The lowest BCUT2D eigenvalue weighted by molar-refractivity contribution is -0.119. The molecular weight excluding hydrogens is 264 g/mol. The van der Waals surface area contributed by atoms with Crippen molar-refractivity contribution in [2.75, 3.05) is 11.1 Å². The Morgan fingerprint density at radius 3 is 2.78 bits per heavy atom. The zero-order valence-electron chi connectivity index (χ0n) is 9.74. The molecule has 0 spiro atoms. The highest BCUT2D eigenvalue weighted by Gasteiger charge is 2.18. The Morgan fingerprint density at radius 2 is 2.17 bits per heavy atom. The van der Waals surface area contributed by atoms with E-state index in [4.69, 9.17) is 0 Å². The largest absolute Gasteiger partial charge is 0.302 e. The van der Waals surface area contributed by atoms with Gasteiger partial charge in [-0.2, -0.15) is 12.6 Å². The van der Waals surface area contributed by atoms with E-state index in [1.165, 1.54) is 11.3 Å². The molecule has 0 saturated heterocycles. The molecule has 0 saturated carbocycles. The molecule has 1 aromatic heterocycles. The maximum Gasteiger partial charge on any atom is 0.230 e. The minimum absolute atomic E-state index is 0.0243. The Labute approximate surface area is 116 Å². The normalized spacial score (nSPS) is 12.1. The molecule has 0 aliphatic rings. The van der Waals surface area contributed by atoms with Gasteiger partial charge in [0.25, 0.3) is 0 Å². The Morgan fingerprint density at radius 1 is 1.39 bits per heavy atom. The van der Waals surface area contributed by atoms with Crippen molar-refractivity contribution >= 4 is 35.0 Å². The molecule has 0 fully saturated rings. The third-order valence-electron chi connectivity index (χ3n) is 2.58. The molecule has 0 aliphatic heterocycles. The van der Waals surface area contributed by atoms with Crippen LogP contribution in [-0.2, 0) is 11.2 Å². The number of amides is 1. The molecule has 1 heterocycles. The van der Waals surface area contributed by atoms with Crippen LogP contribution in [0.25, 0.3) is 0 Å². The topological polar surface area (TPSA) is 42.0 Å². The Kier molecular flexibility index (Phi) is 4.78. The summed E-state index contributed by atoms with van der Waals surface area (Å²) in [5.41, 5.74) is 1.14. The van der Waals surface area contributed by atoms with E-state index in [1.807, 2.05) is 35.7 Å². The number of carbonyl (C=O) groups is 1. The van der Waals surface area contributed by atoms with Crippen LogP contribution < -0.4 is 5.32 Å². The summed E-state index contributed by atoms with van der Waals surface area (Å²) in [5.74, 6) is 0.356. The predicted molar refractivity (Wildman–Crippen MR) is 78.2 cm³/mol. The minimum Gasteiger partial charge on any atom is -0.302 e. The number of nitrogens with one attached hydrogen (secondary N) is 1. The van der Waals surface area contributed by atoms with Crippen molar-refractivity contribution in [3.8, 4) is 0 Å². The van der Waals surface area contributed by atoms with Gasteiger partial charge in [-0.15, -0.1) is 11.3 Å². The zero-order chi connectivity index (χ0) is 12.8. The summed E-state index contributed by atoms with van der Waals surface area (Å²) in [6.45, 7) is 0. The van der Waals surface area contributed by atoms with Crippen LogP contribution in [0, 0.1) is 5.92 Å². The molecule has 18 heavy (non-hydrogen) atoms. The third kappa shape index (κ3) is 3.58. The Balaban J connectivity index is 1.98. The Bertz CT molecular complexity index is 485. The maximum absolute atomic E-state index is 12.1. The van der Waals surface area contributed by atoms with Gasteiger partial charge in [0.05, 0.1) is 5.92 Å². The van der Waals surface area contributed by atoms with E-state index >= 15 is 0 Å². The first-order valence-corrected chi connectivity index (χ1v) is 7.16. The van der Waals surface area contributed by atoms with E-state index in [9.17, 15) is 4.79 Å². The number of benzene rings is 1. The summed E-state index contributed by atoms with van der Waals surface area (Å²) in [4.78, 5) is 16.1. The molecule has 94 valence electrons. The van der Waals surface area contributed by atoms with Gasteiger partial charge in [-0.05, 0) is 12.0 Å². The molecule has 1 unspecified atom stereocenters. The van der Waals surface area contributed by atoms with Crippen molar-refractivity contribution in [3.05, 3.63) is 47.5 Å². The molecular formula is C13H14N2OS2. The smallest absolute Gasteiger partial charge is 0.230 e. The first kappa shape index (κ1) is 13.1. The van der Waals surface area contributed by atoms with Crippen LogP contribution in [0.3, 0.4) is 0 Å². The highest BCUT2D eigenvalue weighted by Crippen LogP contribution is 2.15. The number of thiazole rings is 1. The van der Waals surface area contributed by atoms with E-state index in [-0.39, 0.29) is 11.8 Å². The van der Waals surface area contributed by atoms with Crippen LogP contribution in [0.5, 0.6) is 0 Å². The summed E-state index contributed by atoms with van der Waals surface area (Å²) < 4.78 is 0. The lowest BCUT2D eigenvalue weighted by Gasteiger charge is -2.13. The van der Waals surface area contributed by atoms with Crippen LogP contribution in [0.1, 0.15) is 5.56 Å². The van der Waals surface area contributed by atoms with Gasteiger partial charge in [-0.1, -0.05) is 30.3 Å². The molecule has 0 aliphatic carbocycles. The van der Waals surface area contributed by atoms with E-state index in [1.54, 1.807) is 6.20 Å². The van der Waals surface area contributed by atoms with E-state index < -0.39 is 0 Å². The van der Waals surface area contributed by atoms with Crippen molar-refractivity contribution in [3.63, 3.8) is 0 Å². The van der Waals surface area contributed by atoms with Crippen molar-refractivity contribution in [1.82, 2.24) is 4.98 Å². The van der Waals surface area contributed by atoms with Gasteiger partial charge in [0.1, 0.15) is 0 Å². The summed E-state index contributed by atoms with van der Waals surface area (Å²) in [6.07, 6.45) is 2.37. The SMILES string of the molecule is O=C(Nc1nccs1)C(CS)Cc1ccccc1. The summed E-state index contributed by atoms with van der Waals surface area (Å²) >= 11 is 5.68. The van der Waals surface area contributed by atoms with Crippen molar-refractivity contribution in [2.45, 2.75) is 6.42 Å². The molecule has 1 amide bonds. The average Bonchev–Trinajstić information content (AvgIpc) is 2.90. The van der Waals surface area contributed by atoms with Crippen LogP contribution in [0.4, 0.5) is 5.13 Å². The zero-order valence-corrected chi connectivity index (χ0v) is 11.5.